The Labute approximate surface area is 118 Å². The molecule has 0 aromatic heterocycles. The summed E-state index contributed by atoms with van der Waals surface area (Å²) in [5, 5.41) is 2.92. The first-order valence-electron chi connectivity index (χ1n) is 7.67. The fourth-order valence-corrected chi connectivity index (χ4v) is 3.89. The van der Waals surface area contributed by atoms with E-state index in [1.807, 2.05) is 18.2 Å². The van der Waals surface area contributed by atoms with Gasteiger partial charge in [-0.15, -0.1) is 0 Å². The standard InChI is InChI=1S/C17H19NO2/c19-16-3-1-2-10-6-11(4-5-15(10)18-16)17(20)14-8-12-7-13(12)9-14/h4-6,12-14H,1-3,7-9H2,(H,18,19). The summed E-state index contributed by atoms with van der Waals surface area (Å²) in [4.78, 5) is 24.1. The summed E-state index contributed by atoms with van der Waals surface area (Å²) in [6.45, 7) is 0. The van der Waals surface area contributed by atoms with Gasteiger partial charge in [-0.25, -0.2) is 0 Å². The van der Waals surface area contributed by atoms with Crippen LogP contribution < -0.4 is 5.32 Å². The lowest BCUT2D eigenvalue weighted by Crippen LogP contribution is -2.14. The minimum atomic E-state index is 0.0821. The lowest BCUT2D eigenvalue weighted by atomic mass is 9.91. The zero-order valence-corrected chi connectivity index (χ0v) is 11.5. The largest absolute Gasteiger partial charge is 0.326 e. The number of fused-ring (bicyclic) bond motifs is 2. The minimum Gasteiger partial charge on any atom is -0.326 e. The van der Waals surface area contributed by atoms with Crippen molar-refractivity contribution in [3.05, 3.63) is 29.3 Å². The first-order valence-corrected chi connectivity index (χ1v) is 7.67. The molecule has 2 saturated carbocycles. The van der Waals surface area contributed by atoms with Crippen LogP contribution in [0.25, 0.3) is 0 Å². The molecule has 2 atom stereocenters. The van der Waals surface area contributed by atoms with E-state index in [1.165, 1.54) is 6.42 Å². The quantitative estimate of drug-likeness (QED) is 0.838. The molecule has 1 amide bonds. The molecule has 2 aliphatic carbocycles. The second-order valence-corrected chi connectivity index (χ2v) is 6.56. The molecule has 2 unspecified atom stereocenters. The van der Waals surface area contributed by atoms with Gasteiger partial charge in [0.1, 0.15) is 0 Å². The van der Waals surface area contributed by atoms with E-state index < -0.39 is 0 Å². The summed E-state index contributed by atoms with van der Waals surface area (Å²) < 4.78 is 0. The molecular formula is C17H19NO2. The Morgan fingerprint density at radius 2 is 1.90 bits per heavy atom. The van der Waals surface area contributed by atoms with Crippen molar-refractivity contribution in [2.75, 3.05) is 5.32 Å². The Balaban J connectivity index is 1.58. The van der Waals surface area contributed by atoms with E-state index in [9.17, 15) is 9.59 Å². The van der Waals surface area contributed by atoms with Gasteiger partial charge in [0.15, 0.2) is 5.78 Å². The van der Waals surface area contributed by atoms with Gasteiger partial charge in [0.25, 0.3) is 0 Å². The number of Topliss-reactive ketones (excluding diaryl/α,β-unsaturated/α-hetero) is 1. The lowest BCUT2D eigenvalue weighted by molar-refractivity contribution is -0.116. The molecule has 104 valence electrons. The molecule has 1 N–H and O–H groups in total. The van der Waals surface area contributed by atoms with Crippen molar-refractivity contribution in [2.45, 2.75) is 38.5 Å². The monoisotopic (exact) mass is 269 g/mol. The Morgan fingerprint density at radius 3 is 2.70 bits per heavy atom. The number of hydrogen-bond donors (Lipinski definition) is 1. The lowest BCUT2D eigenvalue weighted by Gasteiger charge is -2.13. The minimum absolute atomic E-state index is 0.0821. The van der Waals surface area contributed by atoms with Crippen LogP contribution in [0.2, 0.25) is 0 Å². The molecule has 1 aromatic carbocycles. The highest BCUT2D eigenvalue weighted by molar-refractivity contribution is 5.99. The Morgan fingerprint density at radius 1 is 1.10 bits per heavy atom. The van der Waals surface area contributed by atoms with E-state index in [0.29, 0.717) is 12.2 Å². The highest BCUT2D eigenvalue weighted by atomic mass is 16.1. The zero-order valence-electron chi connectivity index (χ0n) is 11.5. The summed E-state index contributed by atoms with van der Waals surface area (Å²) in [7, 11) is 0. The number of ketones is 1. The first-order chi connectivity index (χ1) is 9.70. The van der Waals surface area contributed by atoms with Gasteiger partial charge in [0.05, 0.1) is 0 Å². The summed E-state index contributed by atoms with van der Waals surface area (Å²) in [6.07, 6.45) is 5.85. The number of amides is 1. The van der Waals surface area contributed by atoms with Gasteiger partial charge < -0.3 is 5.32 Å². The van der Waals surface area contributed by atoms with Gasteiger partial charge in [-0.2, -0.15) is 0 Å². The van der Waals surface area contributed by atoms with Crippen molar-refractivity contribution in [3.8, 4) is 0 Å². The summed E-state index contributed by atoms with van der Waals surface area (Å²) in [5.41, 5.74) is 2.84. The maximum Gasteiger partial charge on any atom is 0.224 e. The molecule has 0 spiro atoms. The predicted octanol–water partition coefficient (Wildman–Crippen LogP) is 3.19. The molecule has 1 aliphatic heterocycles. The third-order valence-corrected chi connectivity index (χ3v) is 5.13. The molecule has 2 fully saturated rings. The fourth-order valence-electron chi connectivity index (χ4n) is 3.89. The molecule has 1 aromatic rings. The Bertz CT molecular complexity index is 583. The molecule has 0 bridgehead atoms. The van der Waals surface area contributed by atoms with E-state index >= 15 is 0 Å². The molecule has 3 aliphatic rings. The number of carbonyl (C=O) groups is 2. The Hall–Kier alpha value is -1.64. The topological polar surface area (TPSA) is 46.2 Å². The van der Waals surface area contributed by atoms with E-state index in [-0.39, 0.29) is 11.8 Å². The van der Waals surface area contributed by atoms with Crippen molar-refractivity contribution in [1.82, 2.24) is 0 Å². The van der Waals surface area contributed by atoms with Crippen LogP contribution in [-0.2, 0) is 11.2 Å². The van der Waals surface area contributed by atoms with Crippen molar-refractivity contribution in [1.29, 1.82) is 0 Å². The third kappa shape index (κ3) is 2.05. The van der Waals surface area contributed by atoms with Gasteiger partial charge in [-0.05, 0) is 67.7 Å². The zero-order chi connectivity index (χ0) is 13.7. The molecule has 3 nitrogen and oxygen atoms in total. The van der Waals surface area contributed by atoms with Crippen LogP contribution in [0.15, 0.2) is 18.2 Å². The molecule has 4 rings (SSSR count). The van der Waals surface area contributed by atoms with E-state index in [2.05, 4.69) is 5.32 Å². The third-order valence-electron chi connectivity index (χ3n) is 5.13. The van der Waals surface area contributed by atoms with Gasteiger partial charge >= 0.3 is 0 Å². The van der Waals surface area contributed by atoms with E-state index in [0.717, 1.165) is 54.3 Å². The average Bonchev–Trinajstić information content (AvgIpc) is 3.11. The van der Waals surface area contributed by atoms with Gasteiger partial charge in [0, 0.05) is 23.6 Å². The first kappa shape index (κ1) is 12.1. The maximum absolute atomic E-state index is 12.6. The normalized spacial score (nSPS) is 31.0. The number of rotatable bonds is 2. The van der Waals surface area contributed by atoms with Crippen LogP contribution in [0.3, 0.4) is 0 Å². The predicted molar refractivity (Wildman–Crippen MR) is 76.7 cm³/mol. The molecular weight excluding hydrogens is 250 g/mol. The SMILES string of the molecule is O=C1CCCc2cc(C(=O)C3CC4CC4C3)ccc2N1. The number of nitrogens with one attached hydrogen (secondary N) is 1. The number of hydrogen-bond acceptors (Lipinski definition) is 2. The highest BCUT2D eigenvalue weighted by Gasteiger charge is 2.48. The second kappa shape index (κ2) is 4.44. The Kier molecular flexibility index (Phi) is 2.69. The summed E-state index contributed by atoms with van der Waals surface area (Å²) >= 11 is 0. The number of anilines is 1. The molecule has 0 saturated heterocycles. The number of carbonyl (C=O) groups excluding carboxylic acids is 2. The second-order valence-electron chi connectivity index (χ2n) is 6.56. The van der Waals surface area contributed by atoms with Crippen LogP contribution in [0, 0.1) is 17.8 Å². The van der Waals surface area contributed by atoms with Gasteiger partial charge in [-0.1, -0.05) is 0 Å². The van der Waals surface area contributed by atoms with Gasteiger partial charge in [0.2, 0.25) is 5.91 Å². The van der Waals surface area contributed by atoms with Crippen molar-refractivity contribution >= 4 is 17.4 Å². The van der Waals surface area contributed by atoms with Crippen LogP contribution in [0.1, 0.15) is 48.0 Å². The van der Waals surface area contributed by atoms with Crippen LogP contribution in [-0.4, -0.2) is 11.7 Å². The van der Waals surface area contributed by atoms with Crippen molar-refractivity contribution < 1.29 is 9.59 Å². The fraction of sp³-hybridized carbons (Fsp3) is 0.529. The maximum atomic E-state index is 12.6. The highest BCUT2D eigenvalue weighted by Crippen LogP contribution is 2.55. The van der Waals surface area contributed by atoms with Crippen LogP contribution in [0.5, 0.6) is 0 Å². The van der Waals surface area contributed by atoms with E-state index in [4.69, 9.17) is 0 Å². The van der Waals surface area contributed by atoms with Crippen molar-refractivity contribution in [3.63, 3.8) is 0 Å². The molecule has 3 heteroatoms. The number of aryl methyl sites for hydroxylation is 1. The smallest absolute Gasteiger partial charge is 0.224 e. The molecule has 20 heavy (non-hydrogen) atoms. The van der Waals surface area contributed by atoms with Crippen molar-refractivity contribution in [2.24, 2.45) is 17.8 Å². The summed E-state index contributed by atoms with van der Waals surface area (Å²) in [6, 6.07) is 5.80. The van der Waals surface area contributed by atoms with E-state index in [1.54, 1.807) is 0 Å². The van der Waals surface area contributed by atoms with Crippen LogP contribution >= 0.6 is 0 Å². The average molecular weight is 269 g/mol. The molecule has 1 heterocycles. The number of benzene rings is 1. The summed E-state index contributed by atoms with van der Waals surface area (Å²) in [5.74, 6) is 2.32. The van der Waals surface area contributed by atoms with Crippen LogP contribution in [0.4, 0.5) is 5.69 Å². The van der Waals surface area contributed by atoms with Gasteiger partial charge in [-0.3, -0.25) is 9.59 Å². The molecule has 0 radical (unpaired) electrons.